The number of anilines is 1. The normalized spacial score (nSPS) is 13.3. The summed E-state index contributed by atoms with van der Waals surface area (Å²) in [5, 5.41) is 8.38. The fourth-order valence-corrected chi connectivity index (χ4v) is 2.46. The molecule has 0 saturated carbocycles. The lowest BCUT2D eigenvalue weighted by molar-refractivity contribution is 0.191. The Morgan fingerprint density at radius 2 is 2.11 bits per heavy atom. The van der Waals surface area contributed by atoms with Gasteiger partial charge in [-0.3, -0.25) is 0 Å². The topological polar surface area (TPSA) is 81.4 Å². The number of nitrogens with one attached hydrogen (secondary N) is 1. The summed E-state index contributed by atoms with van der Waals surface area (Å²) in [4.78, 5) is 0.159. The predicted molar refractivity (Wildman–Crippen MR) is 72.1 cm³/mol. The van der Waals surface area contributed by atoms with Crippen LogP contribution >= 0.6 is 0 Å². The third-order valence-electron chi connectivity index (χ3n) is 2.66. The Kier molecular flexibility index (Phi) is 5.13. The average Bonchev–Trinajstić information content (AvgIpc) is 2.27. The lowest BCUT2D eigenvalue weighted by atomic mass is 10.2. The summed E-state index contributed by atoms with van der Waals surface area (Å²) in [5.41, 5.74) is 1.39. The van der Waals surface area contributed by atoms with Crippen molar-refractivity contribution in [2.75, 3.05) is 19.0 Å². The first kappa shape index (κ1) is 14.9. The molecule has 0 saturated heterocycles. The molecular weight excluding hydrogens is 252 g/mol. The van der Waals surface area contributed by atoms with Crippen molar-refractivity contribution in [3.63, 3.8) is 0 Å². The molecule has 1 rings (SSSR count). The van der Waals surface area contributed by atoms with Gasteiger partial charge in [0.1, 0.15) is 0 Å². The van der Waals surface area contributed by atoms with Crippen LogP contribution in [-0.4, -0.2) is 28.2 Å². The number of nitrogens with two attached hydrogens (primary N) is 1. The quantitative estimate of drug-likeness (QED) is 0.822. The van der Waals surface area contributed by atoms with Crippen LogP contribution < -0.4 is 10.5 Å². The van der Waals surface area contributed by atoms with E-state index in [0.717, 1.165) is 12.1 Å². The van der Waals surface area contributed by atoms with Gasteiger partial charge in [0.15, 0.2) is 0 Å². The number of sulfonamides is 1. The Morgan fingerprint density at radius 1 is 1.44 bits per heavy atom. The maximum absolute atomic E-state index is 11.4. The molecule has 6 heteroatoms. The fourth-order valence-electron chi connectivity index (χ4n) is 1.65. The molecule has 1 aromatic carbocycles. The maximum Gasteiger partial charge on any atom is 0.238 e. The van der Waals surface area contributed by atoms with Gasteiger partial charge in [-0.2, -0.15) is 0 Å². The third kappa shape index (κ3) is 4.29. The fraction of sp³-hybridized carbons (Fsp3) is 0.500. The van der Waals surface area contributed by atoms with Gasteiger partial charge in [0, 0.05) is 25.4 Å². The van der Waals surface area contributed by atoms with Gasteiger partial charge in [-0.15, -0.1) is 0 Å². The van der Waals surface area contributed by atoms with Crippen molar-refractivity contribution in [2.24, 2.45) is 5.14 Å². The smallest absolute Gasteiger partial charge is 0.238 e. The standard InChI is InChI=1S/C12H20N2O3S/c1-9-4-5-11(8-12(9)18(13,15)16)14-10(2)6-7-17-3/h4-5,8,10,14H,6-7H2,1-3H3,(H2,13,15,16). The van der Waals surface area contributed by atoms with E-state index in [1.807, 2.05) is 13.0 Å². The second-order valence-corrected chi connectivity index (χ2v) is 5.88. The highest BCUT2D eigenvalue weighted by molar-refractivity contribution is 7.89. The summed E-state index contributed by atoms with van der Waals surface area (Å²) in [7, 11) is -2.02. The van der Waals surface area contributed by atoms with Crippen molar-refractivity contribution in [1.29, 1.82) is 0 Å². The van der Waals surface area contributed by atoms with Crippen molar-refractivity contribution in [2.45, 2.75) is 31.2 Å². The first-order valence-corrected chi connectivity index (χ1v) is 7.28. The van der Waals surface area contributed by atoms with E-state index in [-0.39, 0.29) is 10.9 Å². The molecular formula is C12H20N2O3S. The highest BCUT2D eigenvalue weighted by atomic mass is 32.2. The Labute approximate surface area is 108 Å². The lowest BCUT2D eigenvalue weighted by Gasteiger charge is -2.16. The molecule has 5 nitrogen and oxygen atoms in total. The van der Waals surface area contributed by atoms with Gasteiger partial charge in [0.25, 0.3) is 0 Å². The number of aryl methyl sites for hydroxylation is 1. The van der Waals surface area contributed by atoms with E-state index >= 15 is 0 Å². The Hall–Kier alpha value is -1.11. The first-order valence-electron chi connectivity index (χ1n) is 5.73. The molecule has 1 aromatic rings. The minimum Gasteiger partial charge on any atom is -0.385 e. The van der Waals surface area contributed by atoms with Crippen LogP contribution in [-0.2, 0) is 14.8 Å². The molecule has 0 spiro atoms. The van der Waals surface area contributed by atoms with E-state index in [9.17, 15) is 8.42 Å². The van der Waals surface area contributed by atoms with Crippen LogP contribution in [0, 0.1) is 6.92 Å². The zero-order valence-corrected chi connectivity index (χ0v) is 11.8. The Bertz CT molecular complexity index is 500. The minimum atomic E-state index is -3.67. The molecule has 1 atom stereocenters. The molecule has 0 fully saturated rings. The van der Waals surface area contributed by atoms with Crippen LogP contribution in [0.2, 0.25) is 0 Å². The van der Waals surface area contributed by atoms with Gasteiger partial charge in [0.05, 0.1) is 4.90 Å². The highest BCUT2D eigenvalue weighted by Gasteiger charge is 2.12. The molecule has 18 heavy (non-hydrogen) atoms. The maximum atomic E-state index is 11.4. The van der Waals surface area contributed by atoms with Crippen molar-refractivity contribution in [3.05, 3.63) is 23.8 Å². The molecule has 0 aliphatic heterocycles. The largest absolute Gasteiger partial charge is 0.385 e. The van der Waals surface area contributed by atoms with Gasteiger partial charge in [-0.25, -0.2) is 13.6 Å². The second-order valence-electron chi connectivity index (χ2n) is 4.35. The average molecular weight is 272 g/mol. The molecule has 0 bridgehead atoms. The van der Waals surface area contributed by atoms with Crippen LogP contribution in [0.3, 0.4) is 0 Å². The van der Waals surface area contributed by atoms with Crippen molar-refractivity contribution < 1.29 is 13.2 Å². The number of methoxy groups -OCH3 is 1. The van der Waals surface area contributed by atoms with E-state index in [1.165, 1.54) is 0 Å². The number of rotatable bonds is 6. The molecule has 0 heterocycles. The molecule has 0 aliphatic rings. The van der Waals surface area contributed by atoms with Crippen LogP contribution in [0.15, 0.2) is 23.1 Å². The van der Waals surface area contributed by atoms with Crippen LogP contribution in [0.5, 0.6) is 0 Å². The monoisotopic (exact) mass is 272 g/mol. The predicted octanol–water partition coefficient (Wildman–Crippen LogP) is 1.48. The number of hydrogen-bond acceptors (Lipinski definition) is 4. The summed E-state index contributed by atoms with van der Waals surface area (Å²) in [6.07, 6.45) is 0.842. The van der Waals surface area contributed by atoms with E-state index in [4.69, 9.17) is 9.88 Å². The van der Waals surface area contributed by atoms with Crippen LogP contribution in [0.25, 0.3) is 0 Å². The Balaban J connectivity index is 2.86. The van der Waals surface area contributed by atoms with Gasteiger partial charge < -0.3 is 10.1 Å². The molecule has 0 aromatic heterocycles. The third-order valence-corrected chi connectivity index (χ3v) is 3.72. The zero-order chi connectivity index (χ0) is 13.8. The number of ether oxygens (including phenoxy) is 1. The van der Waals surface area contributed by atoms with Gasteiger partial charge in [-0.05, 0) is 38.0 Å². The van der Waals surface area contributed by atoms with Crippen LogP contribution in [0.4, 0.5) is 5.69 Å². The van der Waals surface area contributed by atoms with Gasteiger partial charge in [0.2, 0.25) is 10.0 Å². The summed E-state index contributed by atoms with van der Waals surface area (Å²) in [5.74, 6) is 0. The summed E-state index contributed by atoms with van der Waals surface area (Å²) in [6.45, 7) is 4.38. The molecule has 3 N–H and O–H groups in total. The molecule has 0 amide bonds. The number of primary sulfonamides is 1. The van der Waals surface area contributed by atoms with E-state index in [0.29, 0.717) is 12.2 Å². The van der Waals surface area contributed by atoms with Crippen molar-refractivity contribution in [1.82, 2.24) is 0 Å². The minimum absolute atomic E-state index is 0.159. The zero-order valence-electron chi connectivity index (χ0n) is 10.9. The van der Waals surface area contributed by atoms with Crippen molar-refractivity contribution in [3.8, 4) is 0 Å². The summed E-state index contributed by atoms with van der Waals surface area (Å²) in [6, 6.07) is 5.34. The highest BCUT2D eigenvalue weighted by Crippen LogP contribution is 2.19. The van der Waals surface area contributed by atoms with E-state index < -0.39 is 10.0 Å². The summed E-state index contributed by atoms with van der Waals surface area (Å²) >= 11 is 0. The first-order chi connectivity index (χ1) is 8.34. The van der Waals surface area contributed by atoms with Crippen LogP contribution in [0.1, 0.15) is 18.9 Å². The number of benzene rings is 1. The molecule has 0 aliphatic carbocycles. The molecule has 102 valence electrons. The van der Waals surface area contributed by atoms with Crippen molar-refractivity contribution >= 4 is 15.7 Å². The summed E-state index contributed by atoms with van der Waals surface area (Å²) < 4.78 is 27.8. The number of hydrogen-bond donors (Lipinski definition) is 2. The van der Waals surface area contributed by atoms with E-state index in [2.05, 4.69) is 5.32 Å². The Morgan fingerprint density at radius 3 is 2.67 bits per heavy atom. The van der Waals surface area contributed by atoms with Gasteiger partial charge in [-0.1, -0.05) is 6.07 Å². The lowest BCUT2D eigenvalue weighted by Crippen LogP contribution is -2.18. The van der Waals surface area contributed by atoms with E-state index in [1.54, 1.807) is 26.2 Å². The second kappa shape index (κ2) is 6.17. The van der Waals surface area contributed by atoms with Gasteiger partial charge >= 0.3 is 0 Å². The molecule has 1 unspecified atom stereocenters. The SMILES string of the molecule is COCCC(C)Nc1ccc(C)c(S(N)(=O)=O)c1. The molecule has 0 radical (unpaired) electrons.